The Hall–Kier alpha value is -3.26. The Bertz CT molecular complexity index is 1570. The van der Waals surface area contributed by atoms with E-state index in [-0.39, 0.29) is 19.4 Å². The number of ether oxygens (including phenoxy) is 2. The minimum atomic E-state index is -4.36. The van der Waals surface area contributed by atoms with E-state index in [9.17, 15) is 18.0 Å². The number of aryl methyl sites for hydroxylation is 1. The summed E-state index contributed by atoms with van der Waals surface area (Å²) in [4.78, 5) is 21.5. The summed E-state index contributed by atoms with van der Waals surface area (Å²) in [6.45, 7) is 3.45. The molecule has 0 unspecified atom stereocenters. The minimum Gasteiger partial charge on any atom is -0.378 e. The van der Waals surface area contributed by atoms with E-state index in [2.05, 4.69) is 21.7 Å². The second kappa shape index (κ2) is 9.73. The maximum absolute atomic E-state index is 13.5. The van der Waals surface area contributed by atoms with Gasteiger partial charge in [-0.25, -0.2) is 4.79 Å². The van der Waals surface area contributed by atoms with Crippen LogP contribution in [0.1, 0.15) is 24.0 Å². The number of hydrogen-bond acceptors (Lipinski definition) is 6. The van der Waals surface area contributed by atoms with Crippen LogP contribution in [0.3, 0.4) is 0 Å². The van der Waals surface area contributed by atoms with Crippen LogP contribution in [0, 0.1) is 17.3 Å². The molecule has 1 aromatic heterocycles. The molecule has 3 heterocycles. The van der Waals surface area contributed by atoms with Gasteiger partial charge >= 0.3 is 11.9 Å². The molecule has 6 rings (SSSR count). The van der Waals surface area contributed by atoms with Gasteiger partial charge in [0.15, 0.2) is 0 Å². The molecule has 0 radical (unpaired) electrons. The van der Waals surface area contributed by atoms with E-state index in [0.29, 0.717) is 78.0 Å². The van der Waals surface area contributed by atoms with Gasteiger partial charge in [0.25, 0.3) is 0 Å². The molecule has 7 nitrogen and oxygen atoms in total. The highest BCUT2D eigenvalue weighted by molar-refractivity contribution is 6.34. The Kier molecular flexibility index (Phi) is 6.49. The summed E-state index contributed by atoms with van der Waals surface area (Å²) in [6, 6.07) is 9.02. The fourth-order valence-corrected chi connectivity index (χ4v) is 5.43. The molecular formula is C28H26ClF3N4O3. The van der Waals surface area contributed by atoms with Crippen LogP contribution in [-0.2, 0) is 23.1 Å². The first kappa shape index (κ1) is 26.0. The third-order valence-corrected chi connectivity index (χ3v) is 7.94. The van der Waals surface area contributed by atoms with Crippen LogP contribution in [0.2, 0.25) is 5.02 Å². The van der Waals surface area contributed by atoms with E-state index >= 15 is 0 Å². The summed E-state index contributed by atoms with van der Waals surface area (Å²) < 4.78 is 53.3. The third-order valence-electron chi connectivity index (χ3n) is 7.64. The standard InChI is InChI=1S/C28H26ClF3N4O3/c1-34-23-16-24(35-9-12-38-13-10-35)21(29)15-19(23)25(33-26(34)37)36-11-14-39-17-20-18(3-2-4-22(20)36)5-6-27(7-8-27)28(30,31)32/h2-4,15-16H,7-14,17H2,1H3. The Morgan fingerprint density at radius 1 is 1.05 bits per heavy atom. The van der Waals surface area contributed by atoms with Gasteiger partial charge in [-0.05, 0) is 37.1 Å². The average Bonchev–Trinajstić information content (AvgIpc) is 3.74. The third kappa shape index (κ3) is 4.62. The van der Waals surface area contributed by atoms with Gasteiger partial charge < -0.3 is 19.3 Å². The molecule has 0 amide bonds. The molecule has 2 fully saturated rings. The van der Waals surface area contributed by atoms with Crippen LogP contribution >= 0.6 is 11.6 Å². The smallest absolute Gasteiger partial charge is 0.378 e. The monoisotopic (exact) mass is 558 g/mol. The number of morpholine rings is 1. The molecule has 2 aliphatic heterocycles. The van der Waals surface area contributed by atoms with Crippen molar-refractivity contribution < 1.29 is 22.6 Å². The first-order valence-electron chi connectivity index (χ1n) is 12.8. The molecule has 1 saturated carbocycles. The van der Waals surface area contributed by atoms with E-state index in [1.807, 2.05) is 23.1 Å². The van der Waals surface area contributed by atoms with Crippen molar-refractivity contribution in [2.24, 2.45) is 12.5 Å². The van der Waals surface area contributed by atoms with Crippen LogP contribution in [0.15, 0.2) is 35.1 Å². The highest BCUT2D eigenvalue weighted by Gasteiger charge is 2.62. The van der Waals surface area contributed by atoms with Crippen molar-refractivity contribution in [1.82, 2.24) is 9.55 Å². The topological polar surface area (TPSA) is 59.8 Å². The zero-order valence-electron chi connectivity index (χ0n) is 21.3. The Morgan fingerprint density at radius 3 is 2.51 bits per heavy atom. The molecule has 0 atom stereocenters. The number of alkyl halides is 3. The maximum Gasteiger partial charge on any atom is 0.405 e. The van der Waals surface area contributed by atoms with Gasteiger partial charge in [0, 0.05) is 48.9 Å². The van der Waals surface area contributed by atoms with E-state index in [1.54, 1.807) is 19.2 Å². The summed E-state index contributed by atoms with van der Waals surface area (Å²) in [6.07, 6.45) is -4.34. The molecule has 2 aromatic carbocycles. The number of benzene rings is 2. The van der Waals surface area contributed by atoms with Gasteiger partial charge in [0.1, 0.15) is 11.2 Å². The van der Waals surface area contributed by atoms with E-state index in [4.69, 9.17) is 21.1 Å². The van der Waals surface area contributed by atoms with Crippen molar-refractivity contribution in [3.8, 4) is 11.8 Å². The summed E-state index contributed by atoms with van der Waals surface area (Å²) in [5.41, 5.74) is 0.930. The maximum atomic E-state index is 13.5. The first-order chi connectivity index (χ1) is 18.7. The van der Waals surface area contributed by atoms with Gasteiger partial charge in [-0.1, -0.05) is 29.5 Å². The predicted molar refractivity (Wildman–Crippen MR) is 143 cm³/mol. The number of nitrogens with zero attached hydrogens (tertiary/aromatic N) is 4. The molecule has 0 bridgehead atoms. The number of fused-ring (bicyclic) bond motifs is 2. The lowest BCUT2D eigenvalue weighted by Crippen LogP contribution is -2.36. The zero-order valence-corrected chi connectivity index (χ0v) is 22.0. The van der Waals surface area contributed by atoms with Crippen molar-refractivity contribution in [3.05, 3.63) is 57.0 Å². The Balaban J connectivity index is 1.47. The summed E-state index contributed by atoms with van der Waals surface area (Å²) in [7, 11) is 1.67. The number of aromatic nitrogens is 2. The van der Waals surface area contributed by atoms with Gasteiger partial charge in [-0.15, -0.1) is 0 Å². The Morgan fingerprint density at radius 2 is 1.79 bits per heavy atom. The summed E-state index contributed by atoms with van der Waals surface area (Å²) >= 11 is 6.77. The fraction of sp³-hybridized carbons (Fsp3) is 0.429. The summed E-state index contributed by atoms with van der Waals surface area (Å²) in [5.74, 6) is 5.70. The molecule has 39 heavy (non-hydrogen) atoms. The number of halogens is 4. The Labute approximate surface area is 228 Å². The second-order valence-electron chi connectivity index (χ2n) is 10.0. The van der Waals surface area contributed by atoms with Gasteiger partial charge in [0.05, 0.1) is 42.7 Å². The predicted octanol–water partition coefficient (Wildman–Crippen LogP) is 4.79. The summed E-state index contributed by atoms with van der Waals surface area (Å²) in [5, 5.41) is 1.20. The van der Waals surface area contributed by atoms with Crippen molar-refractivity contribution in [1.29, 1.82) is 0 Å². The minimum absolute atomic E-state index is 0.0115. The van der Waals surface area contributed by atoms with Crippen LogP contribution in [0.4, 0.5) is 30.4 Å². The van der Waals surface area contributed by atoms with Crippen molar-refractivity contribution in [2.75, 3.05) is 49.3 Å². The molecule has 3 aromatic rings. The number of hydrogen-bond donors (Lipinski definition) is 0. The second-order valence-corrected chi connectivity index (χ2v) is 10.4. The van der Waals surface area contributed by atoms with Crippen molar-refractivity contribution in [2.45, 2.75) is 25.6 Å². The lowest BCUT2D eigenvalue weighted by atomic mass is 10.0. The van der Waals surface area contributed by atoms with E-state index in [1.165, 1.54) is 4.57 Å². The molecule has 204 valence electrons. The molecule has 1 saturated heterocycles. The molecule has 0 spiro atoms. The van der Waals surface area contributed by atoms with Gasteiger partial charge in [-0.3, -0.25) is 4.57 Å². The van der Waals surface area contributed by atoms with Crippen LogP contribution < -0.4 is 15.5 Å². The van der Waals surface area contributed by atoms with Gasteiger partial charge in [0.2, 0.25) is 0 Å². The van der Waals surface area contributed by atoms with Crippen LogP contribution in [0.5, 0.6) is 0 Å². The molecular weight excluding hydrogens is 533 g/mol. The highest BCUT2D eigenvalue weighted by Crippen LogP contribution is 2.57. The quantitative estimate of drug-likeness (QED) is 0.422. The molecule has 1 aliphatic carbocycles. The SMILES string of the molecule is Cn1c(=O)nc(N2CCOCc3c(C#CC4(C(F)(F)F)CC4)cccc32)c2cc(Cl)c(N3CCOCC3)cc21. The zero-order chi connectivity index (χ0) is 27.4. The van der Waals surface area contributed by atoms with Crippen LogP contribution in [-0.4, -0.2) is 55.2 Å². The average molecular weight is 559 g/mol. The highest BCUT2D eigenvalue weighted by atomic mass is 35.5. The largest absolute Gasteiger partial charge is 0.405 e. The number of anilines is 3. The van der Waals surface area contributed by atoms with E-state index < -0.39 is 17.3 Å². The van der Waals surface area contributed by atoms with Crippen LogP contribution in [0.25, 0.3) is 10.9 Å². The number of rotatable bonds is 2. The fourth-order valence-electron chi connectivity index (χ4n) is 5.15. The molecule has 3 aliphatic rings. The molecule has 0 N–H and O–H groups in total. The molecule has 11 heteroatoms. The van der Waals surface area contributed by atoms with Crippen molar-refractivity contribution in [3.63, 3.8) is 0 Å². The lowest BCUT2D eigenvalue weighted by molar-refractivity contribution is -0.168. The lowest BCUT2D eigenvalue weighted by Gasteiger charge is -2.30. The van der Waals surface area contributed by atoms with Gasteiger partial charge in [-0.2, -0.15) is 18.2 Å². The van der Waals surface area contributed by atoms with E-state index in [0.717, 1.165) is 5.69 Å². The normalized spacial score (nSPS) is 18.8. The first-order valence-corrected chi connectivity index (χ1v) is 13.2. The van der Waals surface area contributed by atoms with Crippen molar-refractivity contribution >= 4 is 39.7 Å².